The fourth-order valence-corrected chi connectivity index (χ4v) is 5.09. The van der Waals surface area contributed by atoms with Crippen LogP contribution in [0.25, 0.3) is 0 Å². The molecule has 2 N–H and O–H groups in total. The molecule has 3 fully saturated rings. The van der Waals surface area contributed by atoms with E-state index in [9.17, 15) is 4.79 Å². The Morgan fingerprint density at radius 2 is 2.04 bits per heavy atom. The maximum atomic E-state index is 13.2. The summed E-state index contributed by atoms with van der Waals surface area (Å²) in [6.07, 6.45) is 6.93. The van der Waals surface area contributed by atoms with Crippen molar-refractivity contribution in [1.29, 1.82) is 0 Å². The van der Waals surface area contributed by atoms with Gasteiger partial charge in [-0.05, 0) is 56.0 Å². The average Bonchev–Trinajstić information content (AvgIpc) is 3.25. The third-order valence-corrected chi connectivity index (χ3v) is 6.19. The number of fused-ring (bicyclic) bond motifs is 2. The maximum absolute atomic E-state index is 13.2. The molecule has 0 aromatic heterocycles. The monoisotopic (exact) mass is 334 g/mol. The van der Waals surface area contributed by atoms with E-state index in [1.165, 1.54) is 24.8 Å². The molecule has 3 aliphatic rings. The second-order valence-corrected chi connectivity index (χ2v) is 7.56. The Morgan fingerprint density at radius 1 is 1.22 bits per heavy atom. The Balaban J connectivity index is 0.00000156. The van der Waals surface area contributed by atoms with Crippen LogP contribution in [0.4, 0.5) is 0 Å². The van der Waals surface area contributed by atoms with Crippen molar-refractivity contribution in [2.24, 2.45) is 17.3 Å². The van der Waals surface area contributed by atoms with Crippen molar-refractivity contribution in [3.05, 3.63) is 35.9 Å². The van der Waals surface area contributed by atoms with Crippen LogP contribution in [0, 0.1) is 17.3 Å². The third kappa shape index (κ3) is 3.14. The molecule has 2 bridgehead atoms. The molecule has 1 saturated heterocycles. The molecule has 3 nitrogen and oxygen atoms in total. The highest BCUT2D eigenvalue weighted by atomic mass is 35.5. The van der Waals surface area contributed by atoms with E-state index in [-0.39, 0.29) is 17.8 Å². The molecule has 2 aliphatic carbocycles. The third-order valence-electron chi connectivity index (χ3n) is 6.19. The lowest BCUT2D eigenvalue weighted by molar-refractivity contribution is -0.134. The summed E-state index contributed by atoms with van der Waals surface area (Å²) >= 11 is 0. The fourth-order valence-electron chi connectivity index (χ4n) is 5.09. The van der Waals surface area contributed by atoms with Crippen molar-refractivity contribution >= 4 is 18.3 Å². The van der Waals surface area contributed by atoms with Gasteiger partial charge in [-0.3, -0.25) is 4.79 Å². The van der Waals surface area contributed by atoms with E-state index < -0.39 is 0 Å². The van der Waals surface area contributed by atoms with Crippen LogP contribution in [0.15, 0.2) is 30.3 Å². The van der Waals surface area contributed by atoms with Gasteiger partial charge in [0.25, 0.3) is 0 Å². The predicted octanol–water partition coefficient (Wildman–Crippen LogP) is 2.94. The van der Waals surface area contributed by atoms with Crippen molar-refractivity contribution in [2.75, 3.05) is 13.1 Å². The highest BCUT2D eigenvalue weighted by molar-refractivity contribution is 5.85. The van der Waals surface area contributed by atoms with E-state index in [1.807, 2.05) is 0 Å². The number of rotatable bonds is 4. The molecule has 4 atom stereocenters. The van der Waals surface area contributed by atoms with Gasteiger partial charge >= 0.3 is 0 Å². The summed E-state index contributed by atoms with van der Waals surface area (Å²) in [5, 5.41) is 6.72. The zero-order chi connectivity index (χ0) is 15.0. The summed E-state index contributed by atoms with van der Waals surface area (Å²) in [6, 6.07) is 10.9. The van der Waals surface area contributed by atoms with E-state index in [2.05, 4.69) is 41.0 Å². The normalized spacial score (nSPS) is 35.0. The van der Waals surface area contributed by atoms with Gasteiger partial charge in [0.15, 0.2) is 0 Å². The van der Waals surface area contributed by atoms with Gasteiger partial charge in [-0.15, -0.1) is 12.4 Å². The van der Waals surface area contributed by atoms with Gasteiger partial charge in [-0.25, -0.2) is 0 Å². The van der Waals surface area contributed by atoms with Gasteiger partial charge < -0.3 is 10.6 Å². The summed E-state index contributed by atoms with van der Waals surface area (Å²) in [7, 11) is 0. The minimum atomic E-state index is -0.146. The number of hydrogen-bond donors (Lipinski definition) is 2. The van der Waals surface area contributed by atoms with Crippen molar-refractivity contribution in [3.8, 4) is 0 Å². The van der Waals surface area contributed by atoms with Gasteiger partial charge in [0, 0.05) is 12.6 Å². The first-order valence-electron chi connectivity index (χ1n) is 8.82. The van der Waals surface area contributed by atoms with E-state index in [4.69, 9.17) is 0 Å². The molecule has 0 radical (unpaired) electrons. The standard InChI is InChI=1S/C19H26N2O.ClH/c22-18(21-17-8-9-20-13-17)19(11-14-4-2-1-3-5-14)12-15-6-7-16(19)10-15;/h1-5,15-17,20H,6-13H2,(H,21,22);1H. The first-order valence-corrected chi connectivity index (χ1v) is 8.82. The summed E-state index contributed by atoms with van der Waals surface area (Å²) in [6.45, 7) is 1.96. The van der Waals surface area contributed by atoms with Crippen molar-refractivity contribution < 1.29 is 4.79 Å². The summed E-state index contributed by atoms with van der Waals surface area (Å²) in [5.41, 5.74) is 1.17. The number of nitrogens with one attached hydrogen (secondary N) is 2. The number of amides is 1. The molecule has 4 rings (SSSR count). The maximum Gasteiger partial charge on any atom is 0.227 e. The largest absolute Gasteiger partial charge is 0.352 e. The molecule has 4 unspecified atom stereocenters. The van der Waals surface area contributed by atoms with Gasteiger partial charge in [0.05, 0.1) is 5.41 Å². The topological polar surface area (TPSA) is 41.1 Å². The van der Waals surface area contributed by atoms with Crippen LogP contribution in [-0.4, -0.2) is 25.0 Å². The molecular weight excluding hydrogens is 308 g/mol. The minimum Gasteiger partial charge on any atom is -0.352 e. The lowest BCUT2D eigenvalue weighted by Crippen LogP contribution is -2.50. The van der Waals surface area contributed by atoms with Crippen LogP contribution in [0.5, 0.6) is 0 Å². The lowest BCUT2D eigenvalue weighted by Gasteiger charge is -2.37. The summed E-state index contributed by atoms with van der Waals surface area (Å²) < 4.78 is 0. The second kappa shape index (κ2) is 6.82. The minimum absolute atomic E-state index is 0. The van der Waals surface area contributed by atoms with E-state index in [0.29, 0.717) is 17.9 Å². The molecule has 126 valence electrons. The Morgan fingerprint density at radius 3 is 2.65 bits per heavy atom. The smallest absolute Gasteiger partial charge is 0.227 e. The zero-order valence-electron chi connectivity index (χ0n) is 13.6. The first kappa shape index (κ1) is 16.8. The highest BCUT2D eigenvalue weighted by Gasteiger charge is 2.55. The molecule has 1 amide bonds. The molecule has 0 spiro atoms. The van der Waals surface area contributed by atoms with Gasteiger partial charge in [0.2, 0.25) is 5.91 Å². The molecule has 2 saturated carbocycles. The Kier molecular flexibility index (Phi) is 4.98. The predicted molar refractivity (Wildman–Crippen MR) is 94.7 cm³/mol. The van der Waals surface area contributed by atoms with E-state index in [1.54, 1.807) is 0 Å². The average molecular weight is 335 g/mol. The van der Waals surface area contributed by atoms with E-state index in [0.717, 1.165) is 38.3 Å². The molecule has 23 heavy (non-hydrogen) atoms. The van der Waals surface area contributed by atoms with Crippen LogP contribution < -0.4 is 10.6 Å². The number of carbonyl (C=O) groups excluding carboxylic acids is 1. The molecule has 1 heterocycles. The van der Waals surface area contributed by atoms with Crippen LogP contribution in [0.3, 0.4) is 0 Å². The Labute approximate surface area is 145 Å². The van der Waals surface area contributed by atoms with Crippen LogP contribution in [-0.2, 0) is 11.2 Å². The quantitative estimate of drug-likeness (QED) is 0.889. The van der Waals surface area contributed by atoms with Crippen LogP contribution in [0.2, 0.25) is 0 Å². The number of benzene rings is 1. The van der Waals surface area contributed by atoms with Crippen LogP contribution in [0.1, 0.15) is 37.7 Å². The van der Waals surface area contributed by atoms with Gasteiger partial charge in [-0.2, -0.15) is 0 Å². The summed E-state index contributed by atoms with van der Waals surface area (Å²) in [5.74, 6) is 1.70. The summed E-state index contributed by atoms with van der Waals surface area (Å²) in [4.78, 5) is 13.2. The molecule has 4 heteroatoms. The number of halogens is 1. The lowest BCUT2D eigenvalue weighted by atomic mass is 9.68. The number of hydrogen-bond acceptors (Lipinski definition) is 2. The van der Waals surface area contributed by atoms with Gasteiger partial charge in [0.1, 0.15) is 0 Å². The number of carbonyl (C=O) groups is 1. The van der Waals surface area contributed by atoms with Crippen molar-refractivity contribution in [2.45, 2.75) is 44.6 Å². The highest BCUT2D eigenvalue weighted by Crippen LogP contribution is 2.57. The zero-order valence-corrected chi connectivity index (χ0v) is 14.4. The first-order chi connectivity index (χ1) is 10.8. The molecule has 1 aromatic rings. The Hall–Kier alpha value is -1.06. The van der Waals surface area contributed by atoms with Crippen molar-refractivity contribution in [1.82, 2.24) is 10.6 Å². The molecule has 1 aromatic carbocycles. The van der Waals surface area contributed by atoms with Gasteiger partial charge in [-0.1, -0.05) is 36.8 Å². The molecule has 1 aliphatic heterocycles. The van der Waals surface area contributed by atoms with Crippen molar-refractivity contribution in [3.63, 3.8) is 0 Å². The SMILES string of the molecule is Cl.O=C(NC1CCNC1)C1(Cc2ccccc2)CC2CCC1C2. The molecular formula is C19H27ClN2O. The Bertz CT molecular complexity index is 544. The van der Waals surface area contributed by atoms with E-state index >= 15 is 0 Å². The second-order valence-electron chi connectivity index (χ2n) is 7.56. The fraction of sp³-hybridized carbons (Fsp3) is 0.632. The van der Waals surface area contributed by atoms with Crippen LogP contribution >= 0.6 is 12.4 Å².